The van der Waals surface area contributed by atoms with Crippen molar-refractivity contribution in [2.45, 2.75) is 39.2 Å². The van der Waals surface area contributed by atoms with E-state index in [1.807, 2.05) is 6.07 Å². The van der Waals surface area contributed by atoms with Crippen LogP contribution in [0.2, 0.25) is 0 Å². The van der Waals surface area contributed by atoms with Gasteiger partial charge in [0.1, 0.15) is 18.3 Å². The van der Waals surface area contributed by atoms with E-state index in [1.165, 1.54) is 13.8 Å². The molecule has 0 aromatic heterocycles. The fourth-order valence-corrected chi connectivity index (χ4v) is 0.665. The van der Waals surface area contributed by atoms with Crippen molar-refractivity contribution < 1.29 is 14.3 Å². The molecule has 4 heteroatoms. The molecule has 1 atom stereocenters. The number of carbonyl (C=O) groups excluding carboxylic acids is 2. The molecule has 0 aromatic carbocycles. The van der Waals surface area contributed by atoms with E-state index in [1.54, 1.807) is 6.92 Å². The van der Waals surface area contributed by atoms with Gasteiger partial charge in [0.2, 0.25) is 0 Å². The Balaban J connectivity index is 4.20. The molecule has 0 aliphatic rings. The van der Waals surface area contributed by atoms with Crippen molar-refractivity contribution in [1.82, 2.24) is 0 Å². The fraction of sp³-hybridized carbons (Fsp3) is 0.667. The highest BCUT2D eigenvalue weighted by Crippen LogP contribution is 2.14. The summed E-state index contributed by atoms with van der Waals surface area (Å²) in [7, 11) is 0. The molecule has 72 valence electrons. The van der Waals surface area contributed by atoms with Gasteiger partial charge in [-0.25, -0.2) is 0 Å². The van der Waals surface area contributed by atoms with Crippen molar-refractivity contribution in [2.24, 2.45) is 0 Å². The number of nitriles is 1. The monoisotopic (exact) mass is 183 g/mol. The maximum absolute atomic E-state index is 11.0. The average molecular weight is 183 g/mol. The molecule has 0 radical (unpaired) electrons. The second-order valence-electron chi connectivity index (χ2n) is 3.05. The molecule has 0 amide bonds. The first-order valence-corrected chi connectivity index (χ1v) is 4.06. The van der Waals surface area contributed by atoms with E-state index >= 15 is 0 Å². The summed E-state index contributed by atoms with van der Waals surface area (Å²) < 4.78 is 4.83. The van der Waals surface area contributed by atoms with Crippen LogP contribution in [0.3, 0.4) is 0 Å². The molecular weight excluding hydrogens is 170 g/mol. The van der Waals surface area contributed by atoms with Crippen LogP contribution in [-0.2, 0) is 14.3 Å². The first kappa shape index (κ1) is 11.6. The van der Waals surface area contributed by atoms with E-state index in [2.05, 4.69) is 0 Å². The lowest BCUT2D eigenvalue weighted by atomic mass is 10.1. The molecule has 0 rings (SSSR count). The largest absolute Gasteiger partial charge is 0.444 e. The summed E-state index contributed by atoms with van der Waals surface area (Å²) in [5.74, 6) is -0.903. The van der Waals surface area contributed by atoms with Gasteiger partial charge in [-0.15, -0.1) is 0 Å². The molecule has 0 heterocycles. The molecule has 0 fully saturated rings. The molecule has 0 saturated carbocycles. The predicted octanol–water partition coefficient (Wildman–Crippen LogP) is 1.20. The second kappa shape index (κ2) is 4.61. The van der Waals surface area contributed by atoms with E-state index in [0.29, 0.717) is 6.42 Å². The van der Waals surface area contributed by atoms with Crippen LogP contribution in [-0.4, -0.2) is 17.4 Å². The third-order valence-electron chi connectivity index (χ3n) is 1.64. The zero-order valence-electron chi connectivity index (χ0n) is 8.09. The summed E-state index contributed by atoms with van der Waals surface area (Å²) >= 11 is 0. The molecule has 4 nitrogen and oxygen atoms in total. The Morgan fingerprint density at radius 2 is 2.08 bits per heavy atom. The van der Waals surface area contributed by atoms with Crippen molar-refractivity contribution in [3.8, 4) is 6.07 Å². The Hall–Kier alpha value is -1.37. The lowest BCUT2D eigenvalue weighted by molar-refractivity contribution is -0.154. The second-order valence-corrected chi connectivity index (χ2v) is 3.05. The predicted molar refractivity (Wildman–Crippen MR) is 45.7 cm³/mol. The van der Waals surface area contributed by atoms with Gasteiger partial charge in [0.25, 0.3) is 0 Å². The Morgan fingerprint density at radius 3 is 2.38 bits per heavy atom. The van der Waals surface area contributed by atoms with Crippen LogP contribution in [0.25, 0.3) is 0 Å². The van der Waals surface area contributed by atoms with Crippen molar-refractivity contribution in [2.75, 3.05) is 0 Å². The number of nitrogens with zero attached hydrogens (tertiary/aromatic N) is 1. The first-order chi connectivity index (χ1) is 5.93. The highest BCUT2D eigenvalue weighted by Gasteiger charge is 2.26. The summed E-state index contributed by atoms with van der Waals surface area (Å²) in [6.45, 7) is 4.56. The van der Waals surface area contributed by atoms with Gasteiger partial charge >= 0.3 is 5.97 Å². The van der Waals surface area contributed by atoms with E-state index < -0.39 is 11.6 Å². The summed E-state index contributed by atoms with van der Waals surface area (Å²) in [5, 5.41) is 8.66. The lowest BCUT2D eigenvalue weighted by Gasteiger charge is -2.19. The lowest BCUT2D eigenvalue weighted by Crippen LogP contribution is -2.29. The minimum Gasteiger partial charge on any atom is -0.444 e. The minimum absolute atomic E-state index is 0.263. The Labute approximate surface area is 77.5 Å². The fourth-order valence-electron chi connectivity index (χ4n) is 0.665. The topological polar surface area (TPSA) is 67.2 Å². The smallest absolute Gasteiger partial charge is 0.314 e. The minimum atomic E-state index is -1.10. The zero-order chi connectivity index (χ0) is 10.5. The Bertz CT molecular complexity index is 254. The quantitative estimate of drug-likeness (QED) is 0.485. The van der Waals surface area contributed by atoms with Crippen LogP contribution >= 0.6 is 0 Å². The van der Waals surface area contributed by atoms with Crippen LogP contribution in [0.15, 0.2) is 0 Å². The van der Waals surface area contributed by atoms with Crippen molar-refractivity contribution in [1.29, 1.82) is 5.26 Å². The van der Waals surface area contributed by atoms with Crippen LogP contribution in [0.5, 0.6) is 0 Å². The number of hydrogen-bond donors (Lipinski definition) is 0. The average Bonchev–Trinajstić information content (AvgIpc) is 2.02. The number of carbonyl (C=O) groups is 2. The summed E-state index contributed by atoms with van der Waals surface area (Å²) in [6.07, 6.45) is 0.143. The molecule has 0 aliphatic carbocycles. The highest BCUT2D eigenvalue weighted by molar-refractivity contribution is 5.94. The van der Waals surface area contributed by atoms with Gasteiger partial charge in [-0.3, -0.25) is 9.59 Å². The van der Waals surface area contributed by atoms with Gasteiger partial charge in [0.05, 0.1) is 0 Å². The molecular formula is C9H13NO3. The summed E-state index contributed by atoms with van der Waals surface area (Å²) in [6, 6.07) is 1.88. The Kier molecular flexibility index (Phi) is 4.12. The van der Waals surface area contributed by atoms with Gasteiger partial charge in [0, 0.05) is 0 Å². The van der Waals surface area contributed by atoms with Crippen molar-refractivity contribution >= 4 is 11.8 Å². The van der Waals surface area contributed by atoms with E-state index in [9.17, 15) is 9.59 Å². The van der Waals surface area contributed by atoms with E-state index in [4.69, 9.17) is 10.00 Å². The molecule has 0 N–H and O–H groups in total. The summed E-state index contributed by atoms with van der Waals surface area (Å²) in [5.41, 5.74) is -1.10. The number of Topliss-reactive ketones (excluding diaryl/α,β-unsaturated/α-hetero) is 1. The standard InChI is InChI=1S/C9H13NO3/c1-4-9(3,6-10)13-8(12)5-7(2)11/h4-5H2,1-3H3/t9-/m0/s1. The van der Waals surface area contributed by atoms with Gasteiger partial charge in [0.15, 0.2) is 5.60 Å². The van der Waals surface area contributed by atoms with Gasteiger partial charge in [-0.2, -0.15) is 5.26 Å². The Morgan fingerprint density at radius 1 is 1.54 bits per heavy atom. The molecule has 0 aromatic rings. The molecule has 13 heavy (non-hydrogen) atoms. The SMILES string of the molecule is CC[C@@](C)(C#N)OC(=O)CC(C)=O. The van der Waals surface area contributed by atoms with Gasteiger partial charge < -0.3 is 4.74 Å². The third kappa shape index (κ3) is 4.26. The normalized spacial score (nSPS) is 14.0. The first-order valence-electron chi connectivity index (χ1n) is 4.06. The van der Waals surface area contributed by atoms with Gasteiger partial charge in [-0.1, -0.05) is 6.92 Å². The molecule has 0 unspecified atom stereocenters. The molecule has 0 saturated heterocycles. The van der Waals surface area contributed by atoms with Crippen LogP contribution < -0.4 is 0 Å². The van der Waals surface area contributed by atoms with E-state index in [0.717, 1.165) is 0 Å². The number of esters is 1. The van der Waals surface area contributed by atoms with E-state index in [-0.39, 0.29) is 12.2 Å². The van der Waals surface area contributed by atoms with Crippen LogP contribution in [0.4, 0.5) is 0 Å². The number of rotatable bonds is 4. The van der Waals surface area contributed by atoms with Crippen molar-refractivity contribution in [3.63, 3.8) is 0 Å². The van der Waals surface area contributed by atoms with Gasteiger partial charge in [-0.05, 0) is 20.3 Å². The van der Waals surface area contributed by atoms with Crippen LogP contribution in [0.1, 0.15) is 33.6 Å². The molecule has 0 aliphatic heterocycles. The zero-order valence-corrected chi connectivity index (χ0v) is 8.09. The maximum Gasteiger partial charge on any atom is 0.314 e. The van der Waals surface area contributed by atoms with Crippen LogP contribution in [0, 0.1) is 11.3 Å². The number of ketones is 1. The number of ether oxygens (including phenoxy) is 1. The number of hydrogen-bond acceptors (Lipinski definition) is 4. The highest BCUT2D eigenvalue weighted by atomic mass is 16.6. The maximum atomic E-state index is 11.0. The van der Waals surface area contributed by atoms with Crippen molar-refractivity contribution in [3.05, 3.63) is 0 Å². The molecule has 0 spiro atoms. The molecule has 0 bridgehead atoms. The third-order valence-corrected chi connectivity index (χ3v) is 1.64. The summed E-state index contributed by atoms with van der Waals surface area (Å²) in [4.78, 5) is 21.5.